The molecule has 1 saturated heterocycles. The summed E-state index contributed by atoms with van der Waals surface area (Å²) in [6.07, 6.45) is -10.2. The van der Waals surface area contributed by atoms with Crippen LogP contribution < -0.4 is 10.6 Å². The van der Waals surface area contributed by atoms with E-state index in [4.69, 9.17) is 29.8 Å². The van der Waals surface area contributed by atoms with E-state index in [9.17, 15) is 34.5 Å². The predicted octanol–water partition coefficient (Wildman–Crippen LogP) is 5.44. The Morgan fingerprint density at radius 2 is 1.63 bits per heavy atom. The maximum absolute atomic E-state index is 15.2. The summed E-state index contributed by atoms with van der Waals surface area (Å²) in [5.41, 5.74) is -8.28. The largest absolute Gasteiger partial charge is 0.465 e. The van der Waals surface area contributed by atoms with Crippen LogP contribution >= 0.6 is 21.6 Å². The smallest absolute Gasteiger partial charge is 0.408 e. The van der Waals surface area contributed by atoms with Crippen molar-refractivity contribution in [3.63, 3.8) is 0 Å². The molecule has 19 heteroatoms. The third kappa shape index (κ3) is 11.1. The van der Waals surface area contributed by atoms with Crippen molar-refractivity contribution >= 4 is 57.3 Å². The van der Waals surface area contributed by atoms with Crippen molar-refractivity contribution in [1.82, 2.24) is 10.6 Å². The first kappa shape index (κ1) is 53.3. The number of aliphatic hydroxyl groups excluding tert-OH is 2. The minimum atomic E-state index is -2.40. The summed E-state index contributed by atoms with van der Waals surface area (Å²) in [4.78, 5) is 85.2. The number of hydrogen-bond donors (Lipinski definition) is 5. The first-order chi connectivity index (χ1) is 33.4. The molecule has 5 N–H and O–H groups in total. The maximum Gasteiger partial charge on any atom is 0.408 e. The number of hydrogen-bond acceptors (Lipinski definition) is 18. The molecule has 0 aromatic heterocycles. The van der Waals surface area contributed by atoms with Crippen molar-refractivity contribution in [3.8, 4) is 0 Å². The van der Waals surface area contributed by atoms with E-state index in [0.717, 1.165) is 12.7 Å². The number of esters is 4. The average molecular weight is 1020 g/mol. The molecule has 0 radical (unpaired) electrons. The van der Waals surface area contributed by atoms with Gasteiger partial charge in [-0.1, -0.05) is 90.9 Å². The van der Waals surface area contributed by atoms with E-state index >= 15 is 9.59 Å². The van der Waals surface area contributed by atoms with Gasteiger partial charge < -0.3 is 54.4 Å². The number of benzene rings is 2. The Morgan fingerprint density at radius 3 is 2.24 bits per heavy atom. The van der Waals surface area contributed by atoms with Crippen LogP contribution in [0.25, 0.3) is 0 Å². The Hall–Kier alpha value is -4.50. The molecular weight excluding hydrogens is 945 g/mol. The number of carbonyl (C=O) groups is 6. The quantitative estimate of drug-likeness (QED) is 0.0411. The molecule has 2 aromatic rings. The van der Waals surface area contributed by atoms with E-state index in [2.05, 4.69) is 10.6 Å². The van der Waals surface area contributed by atoms with E-state index in [1.54, 1.807) is 93.9 Å². The monoisotopic (exact) mass is 1010 g/mol. The fraction of sp³-hybridized carbons (Fsp3) is 0.608. The van der Waals surface area contributed by atoms with Gasteiger partial charge >= 0.3 is 30.0 Å². The number of amides is 1. The molecule has 1 aliphatic heterocycles. The Balaban J connectivity index is 1.43. The molecule has 4 unspecified atom stereocenters. The van der Waals surface area contributed by atoms with Crippen molar-refractivity contribution in [2.75, 3.05) is 37.8 Å². The van der Waals surface area contributed by atoms with Gasteiger partial charge in [0.2, 0.25) is 0 Å². The highest BCUT2D eigenvalue weighted by Gasteiger charge is 2.78. The number of ether oxygens (including phenoxy) is 6. The maximum atomic E-state index is 15.2. The molecule has 1 amide bonds. The highest BCUT2D eigenvalue weighted by atomic mass is 33.1. The second-order valence-corrected chi connectivity index (χ2v) is 22.8. The lowest BCUT2D eigenvalue weighted by Crippen LogP contribution is -2.81. The number of nitrogens with one attached hydrogen (secondary N) is 2. The molecule has 11 atom stereocenters. The molecule has 70 heavy (non-hydrogen) atoms. The zero-order valence-electron chi connectivity index (χ0n) is 42.0. The molecule has 17 nitrogen and oxygen atoms in total. The third-order valence-corrected chi connectivity index (χ3v) is 16.5. The molecule has 6 rings (SSSR count). The highest BCUT2D eigenvalue weighted by Crippen LogP contribution is 2.64. The molecule has 2 saturated carbocycles. The molecule has 3 aliphatic carbocycles. The number of aliphatic hydroxyl groups is 3. The van der Waals surface area contributed by atoms with Crippen molar-refractivity contribution in [1.29, 1.82) is 0 Å². The van der Waals surface area contributed by atoms with Crippen LogP contribution in [0.3, 0.4) is 0 Å². The van der Waals surface area contributed by atoms with Gasteiger partial charge in [-0.15, -0.1) is 0 Å². The standard InChI is InChI=1S/C51H68N2O15S2/c1-10-52-21-23-69-70-24-22-63-37(56)25-33(39(31-17-13-11-14-18-31)53-46(61)68-47(4,5)6)45(60)65-34-27-51(62)43(66-44(59)32-19-15-12-16-20-32)41-49(9,42(58)40(57)38(29(34)2)48(51,7)8)35(55)26-36-50(41,28-64-36)67-30(3)54/h11-20,33-36,39-41,43,52,55,57,62H,10,21-28H2,1-9H3,(H,53,61)/t33?,34?,35-,36?,39?,40-,41+,43+,49-,50-,51-/m0/s1/i1T. The fourth-order valence-corrected chi connectivity index (χ4v) is 12.4. The summed E-state index contributed by atoms with van der Waals surface area (Å²) in [5.74, 6) is -6.35. The number of alkyl carbamates (subject to hydrolysis) is 1. The van der Waals surface area contributed by atoms with Gasteiger partial charge in [0, 0.05) is 44.6 Å². The average Bonchev–Trinajstić information content (AvgIpc) is 3.30. The second-order valence-electron chi connectivity index (χ2n) is 20.1. The van der Waals surface area contributed by atoms with Crippen LogP contribution in [0, 0.1) is 22.7 Å². The first-order valence-electron chi connectivity index (χ1n) is 24.2. The van der Waals surface area contributed by atoms with E-state index in [-0.39, 0.29) is 43.2 Å². The van der Waals surface area contributed by atoms with Crippen LogP contribution in [-0.4, -0.2) is 136 Å². The zero-order chi connectivity index (χ0) is 52.1. The Kier molecular flexibility index (Phi) is 16.8. The van der Waals surface area contributed by atoms with Gasteiger partial charge in [0.05, 0.1) is 48.0 Å². The van der Waals surface area contributed by atoms with E-state index in [1.807, 2.05) is 0 Å². The minimum absolute atomic E-state index is 0.00557. The summed E-state index contributed by atoms with van der Waals surface area (Å²) in [6, 6.07) is 15.0. The van der Waals surface area contributed by atoms with Crippen molar-refractivity contribution in [3.05, 3.63) is 82.9 Å². The van der Waals surface area contributed by atoms with E-state index in [0.29, 0.717) is 24.4 Å². The molecule has 1 heterocycles. The topological polar surface area (TPSA) is 243 Å². The lowest BCUT2D eigenvalue weighted by molar-refractivity contribution is -0.346. The predicted molar refractivity (Wildman–Crippen MR) is 260 cm³/mol. The fourth-order valence-electron chi connectivity index (χ4n) is 10.6. The minimum Gasteiger partial charge on any atom is -0.465 e. The van der Waals surface area contributed by atoms with Crippen LogP contribution in [0.2, 0.25) is 0 Å². The Labute approximate surface area is 418 Å². The van der Waals surface area contributed by atoms with Gasteiger partial charge in [-0.25, -0.2) is 9.59 Å². The summed E-state index contributed by atoms with van der Waals surface area (Å²) in [5, 5.41) is 44.1. The van der Waals surface area contributed by atoms with E-state index in [1.165, 1.54) is 36.8 Å². The summed E-state index contributed by atoms with van der Waals surface area (Å²) >= 11 is 0. The van der Waals surface area contributed by atoms with Crippen molar-refractivity contribution in [2.45, 2.75) is 135 Å². The normalized spacial score (nSPS) is 30.0. The van der Waals surface area contributed by atoms with Crippen LogP contribution in [0.15, 0.2) is 71.8 Å². The number of carbonyl (C=O) groups excluding carboxylic acids is 6. The van der Waals surface area contributed by atoms with E-state index < -0.39 is 125 Å². The highest BCUT2D eigenvalue weighted by molar-refractivity contribution is 8.76. The number of fused-ring (bicyclic) bond motifs is 5. The number of rotatable bonds is 18. The third-order valence-electron chi connectivity index (χ3n) is 14.2. The molecule has 3 fully saturated rings. The Morgan fingerprint density at radius 1 is 0.971 bits per heavy atom. The SMILES string of the molecule is [3H]CCNCCSSCCOC(=O)CC(C(=O)OC1C[C@]2(O)[C@H](OC(=O)c3ccccc3)[C@@H]3[C@@](C)(C(=O)[C@@H](O)C(=C1C)C2(C)C)[C@@H](O)CC1OC[C@]13OC(C)=O)C(NC(=O)OC(C)(C)C)c1ccccc1. The lowest BCUT2D eigenvalue weighted by Gasteiger charge is -2.67. The van der Waals surface area contributed by atoms with Gasteiger partial charge in [-0.3, -0.25) is 19.2 Å². The summed E-state index contributed by atoms with van der Waals surface area (Å²) in [6.45, 7) is 13.4. The summed E-state index contributed by atoms with van der Waals surface area (Å²) < 4.78 is 43.3. The summed E-state index contributed by atoms with van der Waals surface area (Å²) in [7, 11) is 3.05. The molecule has 2 bridgehead atoms. The molecular formula is C51H68N2O15S2. The van der Waals surface area contributed by atoms with Crippen LogP contribution in [0.5, 0.6) is 0 Å². The first-order valence-corrected chi connectivity index (χ1v) is 26.0. The van der Waals surface area contributed by atoms with Crippen molar-refractivity contribution in [2.24, 2.45) is 22.7 Å². The van der Waals surface area contributed by atoms with Crippen LogP contribution in [-0.2, 0) is 47.6 Å². The number of ketones is 1. The number of Topliss-reactive ketones (excluding diaryl/α,β-unsaturated/α-hetero) is 1. The second kappa shape index (κ2) is 22.1. The van der Waals surface area contributed by atoms with Crippen LogP contribution in [0.4, 0.5) is 4.79 Å². The lowest BCUT2D eigenvalue weighted by atomic mass is 9.44. The van der Waals surface area contributed by atoms with Gasteiger partial charge in [0.15, 0.2) is 11.4 Å². The van der Waals surface area contributed by atoms with Crippen LogP contribution in [0.1, 0.15) is 105 Å². The zero-order valence-corrected chi connectivity index (χ0v) is 42.7. The van der Waals surface area contributed by atoms with Gasteiger partial charge in [0.1, 0.15) is 42.2 Å². The van der Waals surface area contributed by atoms with Gasteiger partial charge in [0.25, 0.3) is 0 Å². The van der Waals surface area contributed by atoms with Gasteiger partial charge in [-0.2, -0.15) is 0 Å². The molecule has 384 valence electrons. The molecule has 4 aliphatic rings. The molecule has 2 aromatic carbocycles. The van der Waals surface area contributed by atoms with Crippen molar-refractivity contribution < 1.29 is 73.9 Å². The van der Waals surface area contributed by atoms with Gasteiger partial charge in [-0.05, 0) is 70.0 Å². The Bertz CT molecular complexity index is 2300. The molecule has 0 spiro atoms.